The van der Waals surface area contributed by atoms with Crippen molar-refractivity contribution in [2.45, 2.75) is 24.9 Å². The van der Waals surface area contributed by atoms with Crippen LogP contribution in [0.25, 0.3) is 0 Å². The molecule has 9 heteroatoms. The Labute approximate surface area is 122 Å². The smallest absolute Gasteiger partial charge is 0.416 e. The molecule has 0 radical (unpaired) electrons. The number of hydrogen-bond donors (Lipinski definition) is 0. The zero-order valence-corrected chi connectivity index (χ0v) is 11.6. The maximum Gasteiger partial charge on any atom is 0.416 e. The van der Waals surface area contributed by atoms with E-state index in [9.17, 15) is 28.1 Å². The molecule has 0 saturated carbocycles. The Morgan fingerprint density at radius 3 is 2.57 bits per heavy atom. The number of halogens is 4. The second kappa shape index (κ2) is 6.75. The highest BCUT2D eigenvalue weighted by Crippen LogP contribution is 2.33. The van der Waals surface area contributed by atoms with Crippen molar-refractivity contribution in [3.05, 3.63) is 39.4 Å². The van der Waals surface area contributed by atoms with Crippen LogP contribution in [0.1, 0.15) is 18.1 Å². The van der Waals surface area contributed by atoms with Crippen molar-refractivity contribution in [3.8, 4) is 0 Å². The van der Waals surface area contributed by atoms with E-state index < -0.39 is 33.7 Å². The van der Waals surface area contributed by atoms with Gasteiger partial charge in [-0.05, 0) is 13.0 Å². The molecule has 0 aliphatic rings. The Morgan fingerprint density at radius 1 is 1.48 bits per heavy atom. The first-order valence-electron chi connectivity index (χ1n) is 5.82. The predicted molar refractivity (Wildman–Crippen MR) is 68.1 cm³/mol. The Bertz CT molecular complexity index is 548. The Balaban J connectivity index is 3.08. The lowest BCUT2D eigenvalue weighted by Gasteiger charge is -2.11. The van der Waals surface area contributed by atoms with Crippen molar-refractivity contribution in [1.29, 1.82) is 0 Å². The molecule has 0 saturated heterocycles. The molecule has 0 aliphatic carbocycles. The molecular formula is C12H11ClF3NO4. The molecule has 21 heavy (non-hydrogen) atoms. The van der Waals surface area contributed by atoms with Gasteiger partial charge in [0, 0.05) is 18.1 Å². The van der Waals surface area contributed by atoms with E-state index in [0.717, 1.165) is 6.07 Å². The molecule has 0 amide bonds. The van der Waals surface area contributed by atoms with Gasteiger partial charge in [0.15, 0.2) is 0 Å². The van der Waals surface area contributed by atoms with Gasteiger partial charge in [0.1, 0.15) is 5.38 Å². The number of carbonyl (C=O) groups is 1. The van der Waals surface area contributed by atoms with Gasteiger partial charge in [0.05, 0.1) is 17.1 Å². The number of nitrogens with zero attached hydrogens (tertiary/aromatic N) is 1. The number of benzene rings is 1. The minimum atomic E-state index is -4.69. The maximum atomic E-state index is 12.5. The Hall–Kier alpha value is -1.83. The first-order valence-corrected chi connectivity index (χ1v) is 6.25. The van der Waals surface area contributed by atoms with E-state index in [-0.39, 0.29) is 18.6 Å². The first-order chi connectivity index (χ1) is 9.66. The van der Waals surface area contributed by atoms with Crippen molar-refractivity contribution in [2.24, 2.45) is 0 Å². The summed E-state index contributed by atoms with van der Waals surface area (Å²) in [7, 11) is 0. The molecule has 0 aliphatic heterocycles. The predicted octanol–water partition coefficient (Wildman–Crippen LogP) is 3.33. The second-order valence-electron chi connectivity index (χ2n) is 4.02. The van der Waals surface area contributed by atoms with Crippen LogP contribution < -0.4 is 0 Å². The number of alkyl halides is 4. The van der Waals surface area contributed by atoms with Gasteiger partial charge in [-0.1, -0.05) is 6.07 Å². The van der Waals surface area contributed by atoms with E-state index in [1.165, 1.54) is 0 Å². The summed E-state index contributed by atoms with van der Waals surface area (Å²) in [4.78, 5) is 21.3. The Kier molecular flexibility index (Phi) is 5.54. The Morgan fingerprint density at radius 2 is 2.10 bits per heavy atom. The van der Waals surface area contributed by atoms with Crippen molar-refractivity contribution in [2.75, 3.05) is 6.61 Å². The molecule has 0 aromatic heterocycles. The summed E-state index contributed by atoms with van der Waals surface area (Å²) < 4.78 is 42.2. The van der Waals surface area contributed by atoms with Crippen LogP contribution in [-0.2, 0) is 22.1 Å². The minimum Gasteiger partial charge on any atom is -0.465 e. The van der Waals surface area contributed by atoms with E-state index >= 15 is 0 Å². The number of hydrogen-bond acceptors (Lipinski definition) is 4. The SMILES string of the molecule is CCOC(=O)C(Cl)Cc1ccc(C(F)(F)F)cc1[N+](=O)[O-]. The molecule has 0 spiro atoms. The van der Waals surface area contributed by atoms with Crippen molar-refractivity contribution < 1.29 is 27.6 Å². The summed E-state index contributed by atoms with van der Waals surface area (Å²) in [6, 6.07) is 2.07. The average molecular weight is 326 g/mol. The van der Waals surface area contributed by atoms with Crippen LogP contribution in [-0.4, -0.2) is 22.9 Å². The lowest BCUT2D eigenvalue weighted by Crippen LogP contribution is -2.20. The highest BCUT2D eigenvalue weighted by atomic mass is 35.5. The van der Waals surface area contributed by atoms with Crippen LogP contribution in [0.3, 0.4) is 0 Å². The molecule has 1 atom stereocenters. The van der Waals surface area contributed by atoms with E-state index in [0.29, 0.717) is 12.1 Å². The van der Waals surface area contributed by atoms with Gasteiger partial charge in [-0.15, -0.1) is 11.6 Å². The third kappa shape index (κ3) is 4.59. The van der Waals surface area contributed by atoms with Gasteiger partial charge >= 0.3 is 12.1 Å². The number of rotatable bonds is 5. The molecule has 1 aromatic rings. The molecule has 0 bridgehead atoms. The van der Waals surface area contributed by atoms with E-state index in [4.69, 9.17) is 11.6 Å². The quantitative estimate of drug-likeness (QED) is 0.360. The standard InChI is InChI=1S/C12H11ClF3NO4/c1-2-21-11(18)9(13)5-7-3-4-8(12(14,15)16)6-10(7)17(19)20/h3-4,6,9H,2,5H2,1H3. The van der Waals surface area contributed by atoms with E-state index in [1.54, 1.807) is 6.92 Å². The number of ether oxygens (including phenoxy) is 1. The highest BCUT2D eigenvalue weighted by Gasteiger charge is 2.33. The molecule has 0 fully saturated rings. The summed E-state index contributed by atoms with van der Waals surface area (Å²) in [5, 5.41) is 9.65. The monoisotopic (exact) mass is 325 g/mol. The van der Waals surface area contributed by atoms with Crippen LogP contribution >= 0.6 is 11.6 Å². The fourth-order valence-corrected chi connectivity index (χ4v) is 1.82. The number of carbonyl (C=O) groups excluding carboxylic acids is 1. The molecule has 0 N–H and O–H groups in total. The van der Waals surface area contributed by atoms with Crippen molar-refractivity contribution in [1.82, 2.24) is 0 Å². The van der Waals surface area contributed by atoms with Crippen molar-refractivity contribution in [3.63, 3.8) is 0 Å². The third-order valence-corrected chi connectivity index (χ3v) is 2.88. The lowest BCUT2D eigenvalue weighted by molar-refractivity contribution is -0.385. The fraction of sp³-hybridized carbons (Fsp3) is 0.417. The summed E-state index contributed by atoms with van der Waals surface area (Å²) in [5.41, 5.74) is -1.94. The average Bonchev–Trinajstić information content (AvgIpc) is 2.37. The topological polar surface area (TPSA) is 69.4 Å². The van der Waals surface area contributed by atoms with Gasteiger partial charge in [-0.2, -0.15) is 13.2 Å². The molecule has 1 unspecified atom stereocenters. The first kappa shape index (κ1) is 17.2. The van der Waals surface area contributed by atoms with Gasteiger partial charge in [-0.25, -0.2) is 0 Å². The fourth-order valence-electron chi connectivity index (χ4n) is 1.59. The summed E-state index contributed by atoms with van der Waals surface area (Å²) in [5.74, 6) is -0.784. The molecular weight excluding hydrogens is 315 g/mol. The van der Waals surface area contributed by atoms with Crippen molar-refractivity contribution >= 4 is 23.3 Å². The summed E-state index contributed by atoms with van der Waals surface area (Å²) >= 11 is 5.73. The zero-order valence-electron chi connectivity index (χ0n) is 10.8. The van der Waals surface area contributed by atoms with Crippen LogP contribution in [0.5, 0.6) is 0 Å². The number of nitro groups is 1. The minimum absolute atomic E-state index is 0.0685. The summed E-state index contributed by atoms with van der Waals surface area (Å²) in [6.07, 6.45) is -4.99. The molecule has 116 valence electrons. The number of nitro benzene ring substituents is 1. The van der Waals surface area contributed by atoms with Crippen LogP contribution in [0.4, 0.5) is 18.9 Å². The van der Waals surface area contributed by atoms with E-state index in [1.807, 2.05) is 0 Å². The van der Waals surface area contributed by atoms with Gasteiger partial charge in [0.25, 0.3) is 5.69 Å². The van der Waals surface area contributed by atoms with Gasteiger partial charge < -0.3 is 4.74 Å². The van der Waals surface area contributed by atoms with E-state index in [2.05, 4.69) is 4.74 Å². The van der Waals surface area contributed by atoms with Gasteiger partial charge in [-0.3, -0.25) is 14.9 Å². The molecule has 1 aromatic carbocycles. The van der Waals surface area contributed by atoms with Crippen LogP contribution in [0, 0.1) is 10.1 Å². The normalized spacial score (nSPS) is 12.8. The summed E-state index contributed by atoms with van der Waals surface area (Å²) in [6.45, 7) is 1.64. The largest absolute Gasteiger partial charge is 0.465 e. The molecule has 0 heterocycles. The van der Waals surface area contributed by atoms with Gasteiger partial charge in [0.2, 0.25) is 0 Å². The number of esters is 1. The second-order valence-corrected chi connectivity index (χ2v) is 4.55. The molecule has 1 rings (SSSR count). The molecule has 5 nitrogen and oxygen atoms in total. The maximum absolute atomic E-state index is 12.5. The van der Waals surface area contributed by atoms with Crippen LogP contribution in [0.15, 0.2) is 18.2 Å². The highest BCUT2D eigenvalue weighted by molar-refractivity contribution is 6.30. The van der Waals surface area contributed by atoms with Crippen LogP contribution in [0.2, 0.25) is 0 Å². The third-order valence-electron chi connectivity index (χ3n) is 2.55. The zero-order chi connectivity index (χ0) is 16.2. The lowest BCUT2D eigenvalue weighted by atomic mass is 10.0.